The van der Waals surface area contributed by atoms with Crippen LogP contribution in [0, 0.1) is 34.5 Å². The summed E-state index contributed by atoms with van der Waals surface area (Å²) in [6.45, 7) is 9.43. The van der Waals surface area contributed by atoms with Crippen molar-refractivity contribution < 1.29 is 10.2 Å². The molecule has 0 saturated heterocycles. The van der Waals surface area contributed by atoms with Crippen LogP contribution in [0.3, 0.4) is 0 Å². The van der Waals surface area contributed by atoms with Crippen molar-refractivity contribution in [2.45, 2.75) is 123 Å². The molecule has 0 aromatic carbocycles. The molecule has 0 radical (unpaired) electrons. The molecule has 166 valence electrons. The highest BCUT2D eigenvalue weighted by molar-refractivity contribution is 5.25. The molecule has 0 unspecified atom stereocenters. The molecule has 0 aromatic heterocycles. The largest absolute Gasteiger partial charge is 0.393 e. The van der Waals surface area contributed by atoms with Crippen molar-refractivity contribution in [3.8, 4) is 0 Å². The predicted molar refractivity (Wildman–Crippen MR) is 121 cm³/mol. The molecule has 0 spiro atoms. The summed E-state index contributed by atoms with van der Waals surface area (Å²) in [5.41, 5.74) is 2.05. The van der Waals surface area contributed by atoms with Crippen LogP contribution in [0.5, 0.6) is 0 Å². The first-order valence-electron chi connectivity index (χ1n) is 12.9. The van der Waals surface area contributed by atoms with Crippen LogP contribution in [-0.2, 0) is 0 Å². The van der Waals surface area contributed by atoms with Crippen molar-refractivity contribution in [3.63, 3.8) is 0 Å². The highest BCUT2D eigenvalue weighted by atomic mass is 16.3. The Labute approximate surface area is 179 Å². The summed E-state index contributed by atoms with van der Waals surface area (Å²) < 4.78 is 0. The zero-order valence-electron chi connectivity index (χ0n) is 19.6. The Morgan fingerprint density at radius 1 is 1.03 bits per heavy atom. The molecule has 0 heterocycles. The molecule has 7 atom stereocenters. The standard InChI is InChI=1S/C27H46O2/c1-5-27(29,6-2)15-7-8-19-10-12-23-22-11-9-20-18-21(28)13-16-26(20,4)24(22)14-17-25(19,23)3/h9,19,21-24,28-29H,5-8,10-18H2,1-4H3/t19-,21-,22-,23-,24-,25+,26-/m0/s1. The van der Waals surface area contributed by atoms with E-state index < -0.39 is 5.60 Å². The molecule has 2 N–H and O–H groups in total. The third-order valence-corrected chi connectivity index (χ3v) is 10.8. The summed E-state index contributed by atoms with van der Waals surface area (Å²) in [6, 6.07) is 0. The van der Waals surface area contributed by atoms with Gasteiger partial charge in [-0.1, -0.05) is 45.8 Å². The minimum Gasteiger partial charge on any atom is -0.393 e. The van der Waals surface area contributed by atoms with Gasteiger partial charge in [-0.25, -0.2) is 0 Å². The fourth-order valence-electron chi connectivity index (χ4n) is 8.51. The van der Waals surface area contributed by atoms with Gasteiger partial charge >= 0.3 is 0 Å². The number of hydrogen-bond acceptors (Lipinski definition) is 2. The zero-order valence-corrected chi connectivity index (χ0v) is 19.6. The highest BCUT2D eigenvalue weighted by Crippen LogP contribution is 2.66. The van der Waals surface area contributed by atoms with Crippen molar-refractivity contribution in [2.24, 2.45) is 34.5 Å². The topological polar surface area (TPSA) is 40.5 Å². The maximum Gasteiger partial charge on any atom is 0.0642 e. The first-order valence-corrected chi connectivity index (χ1v) is 12.9. The van der Waals surface area contributed by atoms with Crippen LogP contribution < -0.4 is 0 Å². The van der Waals surface area contributed by atoms with Crippen LogP contribution in [-0.4, -0.2) is 21.9 Å². The van der Waals surface area contributed by atoms with E-state index in [4.69, 9.17) is 0 Å². The molecule has 0 amide bonds. The lowest BCUT2D eigenvalue weighted by Crippen LogP contribution is -2.50. The Morgan fingerprint density at radius 2 is 1.79 bits per heavy atom. The third-order valence-electron chi connectivity index (χ3n) is 10.8. The van der Waals surface area contributed by atoms with Gasteiger partial charge in [-0.3, -0.25) is 0 Å². The first-order chi connectivity index (χ1) is 13.8. The summed E-state index contributed by atoms with van der Waals surface area (Å²) in [5, 5.41) is 20.9. The molecule has 29 heavy (non-hydrogen) atoms. The lowest BCUT2D eigenvalue weighted by molar-refractivity contribution is -0.0519. The number of aliphatic hydroxyl groups is 2. The lowest BCUT2D eigenvalue weighted by atomic mass is 9.47. The molecule has 0 aliphatic heterocycles. The molecule has 4 aliphatic carbocycles. The number of hydrogen-bond donors (Lipinski definition) is 2. The Morgan fingerprint density at radius 3 is 2.52 bits per heavy atom. The van der Waals surface area contributed by atoms with Gasteiger partial charge in [-0.15, -0.1) is 0 Å². The average molecular weight is 403 g/mol. The normalized spacial score (nSPS) is 44.6. The van der Waals surface area contributed by atoms with Crippen molar-refractivity contribution >= 4 is 0 Å². The lowest BCUT2D eigenvalue weighted by Gasteiger charge is -2.58. The molecule has 4 rings (SSSR count). The minimum atomic E-state index is -0.429. The Balaban J connectivity index is 1.45. The van der Waals surface area contributed by atoms with E-state index in [0.717, 1.165) is 55.8 Å². The van der Waals surface area contributed by atoms with Gasteiger partial charge < -0.3 is 10.2 Å². The summed E-state index contributed by atoms with van der Waals surface area (Å²) >= 11 is 0. The second-order valence-electron chi connectivity index (χ2n) is 11.8. The van der Waals surface area contributed by atoms with E-state index in [1.165, 1.54) is 51.4 Å². The zero-order chi connectivity index (χ0) is 20.9. The van der Waals surface area contributed by atoms with Crippen molar-refractivity contribution in [1.82, 2.24) is 0 Å². The Hall–Kier alpha value is -0.340. The van der Waals surface area contributed by atoms with E-state index in [1.54, 1.807) is 5.57 Å². The fraction of sp³-hybridized carbons (Fsp3) is 0.926. The van der Waals surface area contributed by atoms with Crippen LogP contribution in [0.25, 0.3) is 0 Å². The molecule has 4 aliphatic rings. The van der Waals surface area contributed by atoms with E-state index >= 15 is 0 Å². The fourth-order valence-corrected chi connectivity index (χ4v) is 8.51. The van der Waals surface area contributed by atoms with E-state index in [1.807, 2.05) is 0 Å². The van der Waals surface area contributed by atoms with Gasteiger partial charge in [0.15, 0.2) is 0 Å². The molecular formula is C27H46O2. The van der Waals surface area contributed by atoms with Gasteiger partial charge in [0.2, 0.25) is 0 Å². The van der Waals surface area contributed by atoms with Gasteiger partial charge in [-0.05, 0) is 112 Å². The average Bonchev–Trinajstić information content (AvgIpc) is 3.05. The maximum atomic E-state index is 10.7. The van der Waals surface area contributed by atoms with Crippen LogP contribution in [0.1, 0.15) is 111 Å². The predicted octanol–water partition coefficient (Wildman–Crippen LogP) is 6.65. The van der Waals surface area contributed by atoms with Crippen LogP contribution in [0.4, 0.5) is 0 Å². The number of aliphatic hydroxyl groups excluding tert-OH is 1. The van der Waals surface area contributed by atoms with Gasteiger partial charge in [0.1, 0.15) is 0 Å². The third kappa shape index (κ3) is 3.65. The highest BCUT2D eigenvalue weighted by Gasteiger charge is 2.58. The molecule has 2 nitrogen and oxygen atoms in total. The SMILES string of the molecule is CCC(O)(CC)CCC[C@H]1CC[C@H]2[C@@H]3CC=C4C[C@@H](O)CC[C@]4(C)[C@H]3CC[C@]12C. The summed E-state index contributed by atoms with van der Waals surface area (Å²) in [4.78, 5) is 0. The van der Waals surface area contributed by atoms with E-state index in [0.29, 0.717) is 10.8 Å². The van der Waals surface area contributed by atoms with Crippen molar-refractivity contribution in [3.05, 3.63) is 11.6 Å². The van der Waals surface area contributed by atoms with Gasteiger partial charge in [-0.2, -0.15) is 0 Å². The number of allylic oxidation sites excluding steroid dienone is 1. The molecular weight excluding hydrogens is 356 g/mol. The molecule has 2 heteroatoms. The molecule has 3 fully saturated rings. The Kier molecular flexibility index (Phi) is 6.01. The van der Waals surface area contributed by atoms with Crippen LogP contribution in [0.2, 0.25) is 0 Å². The Bertz CT molecular complexity index is 620. The minimum absolute atomic E-state index is 0.0968. The second-order valence-corrected chi connectivity index (χ2v) is 11.8. The van der Waals surface area contributed by atoms with Crippen molar-refractivity contribution in [1.29, 1.82) is 0 Å². The monoisotopic (exact) mass is 402 g/mol. The number of rotatable bonds is 6. The van der Waals surface area contributed by atoms with Gasteiger partial charge in [0.25, 0.3) is 0 Å². The smallest absolute Gasteiger partial charge is 0.0642 e. The first kappa shape index (κ1) is 21.9. The molecule has 0 aromatic rings. The summed E-state index contributed by atoms with van der Waals surface area (Å²) in [7, 11) is 0. The van der Waals surface area contributed by atoms with E-state index in [-0.39, 0.29) is 6.10 Å². The quantitative estimate of drug-likeness (QED) is 0.488. The van der Waals surface area contributed by atoms with E-state index in [9.17, 15) is 10.2 Å². The van der Waals surface area contributed by atoms with Crippen LogP contribution >= 0.6 is 0 Å². The molecule has 3 saturated carbocycles. The second kappa shape index (κ2) is 7.97. The van der Waals surface area contributed by atoms with Crippen molar-refractivity contribution in [2.75, 3.05) is 0 Å². The van der Waals surface area contributed by atoms with Crippen LogP contribution in [0.15, 0.2) is 11.6 Å². The summed E-state index contributed by atoms with van der Waals surface area (Å²) in [6.07, 6.45) is 17.8. The van der Waals surface area contributed by atoms with E-state index in [2.05, 4.69) is 33.8 Å². The summed E-state index contributed by atoms with van der Waals surface area (Å²) in [5.74, 6) is 3.46. The molecule has 0 bridgehead atoms. The van der Waals surface area contributed by atoms with Gasteiger partial charge in [0, 0.05) is 0 Å². The number of fused-ring (bicyclic) bond motifs is 5. The van der Waals surface area contributed by atoms with Gasteiger partial charge in [0.05, 0.1) is 11.7 Å². The maximum absolute atomic E-state index is 10.7.